The number of ether oxygens (including phenoxy) is 1. The Morgan fingerprint density at radius 3 is 2.77 bits per heavy atom. The first-order valence-electron chi connectivity index (χ1n) is 4.39. The van der Waals surface area contributed by atoms with Gasteiger partial charge in [0, 0.05) is 27.0 Å². The summed E-state index contributed by atoms with van der Waals surface area (Å²) < 4.78 is 16.1. The van der Waals surface area contributed by atoms with Gasteiger partial charge in [0.2, 0.25) is 0 Å². The molecule has 0 amide bonds. The summed E-state index contributed by atoms with van der Waals surface area (Å²) in [5, 5.41) is 0. The number of methoxy groups -OCH3 is 1. The van der Waals surface area contributed by atoms with Crippen molar-refractivity contribution in [3.05, 3.63) is 10.5 Å². The summed E-state index contributed by atoms with van der Waals surface area (Å²) >= 11 is 0. The average Bonchev–Trinajstić information content (AvgIpc) is 2.63. The maximum atomic E-state index is 11.5. The van der Waals surface area contributed by atoms with Crippen molar-refractivity contribution < 1.29 is 13.7 Å². The van der Waals surface area contributed by atoms with Crippen molar-refractivity contribution in [2.45, 2.75) is 26.2 Å². The molecule has 1 unspecified atom stereocenters. The summed E-state index contributed by atoms with van der Waals surface area (Å²) in [6, 6.07) is 0. The SMILES string of the molecule is CCS(=O)C1=C(C(=O)OC)CCC1. The van der Waals surface area contributed by atoms with E-state index in [1.54, 1.807) is 0 Å². The van der Waals surface area contributed by atoms with Gasteiger partial charge in [0.15, 0.2) is 0 Å². The van der Waals surface area contributed by atoms with Crippen molar-refractivity contribution in [1.82, 2.24) is 0 Å². The standard InChI is InChI=1S/C9H14O3S/c1-3-13(11)8-6-4-5-7(8)9(10)12-2/h3-6H2,1-2H3. The minimum atomic E-state index is -0.976. The van der Waals surface area contributed by atoms with Crippen LogP contribution >= 0.6 is 0 Å². The highest BCUT2D eigenvalue weighted by molar-refractivity contribution is 7.89. The van der Waals surface area contributed by atoms with E-state index in [4.69, 9.17) is 0 Å². The molecule has 1 rings (SSSR count). The molecule has 0 fully saturated rings. The molecular weight excluding hydrogens is 188 g/mol. The number of carbonyl (C=O) groups excluding carboxylic acids is 1. The fourth-order valence-electron chi connectivity index (χ4n) is 1.48. The number of hydrogen-bond acceptors (Lipinski definition) is 3. The Morgan fingerprint density at radius 1 is 1.54 bits per heavy atom. The van der Waals surface area contributed by atoms with Crippen LogP contribution in [0.5, 0.6) is 0 Å². The summed E-state index contributed by atoms with van der Waals surface area (Å²) in [6.45, 7) is 1.86. The fraction of sp³-hybridized carbons (Fsp3) is 0.667. The molecule has 0 aliphatic heterocycles. The van der Waals surface area contributed by atoms with Crippen molar-refractivity contribution in [3.63, 3.8) is 0 Å². The van der Waals surface area contributed by atoms with E-state index in [-0.39, 0.29) is 5.97 Å². The van der Waals surface area contributed by atoms with E-state index >= 15 is 0 Å². The van der Waals surface area contributed by atoms with Gasteiger partial charge in [-0.3, -0.25) is 4.21 Å². The van der Waals surface area contributed by atoms with Gasteiger partial charge in [-0.15, -0.1) is 0 Å². The van der Waals surface area contributed by atoms with Crippen LogP contribution in [-0.4, -0.2) is 23.0 Å². The number of hydrogen-bond donors (Lipinski definition) is 0. The third kappa shape index (κ3) is 2.18. The van der Waals surface area contributed by atoms with Crippen LogP contribution in [0.15, 0.2) is 10.5 Å². The second-order valence-electron chi connectivity index (χ2n) is 2.88. The molecule has 0 spiro atoms. The van der Waals surface area contributed by atoms with Crippen LogP contribution in [0.25, 0.3) is 0 Å². The van der Waals surface area contributed by atoms with E-state index in [0.717, 1.165) is 17.7 Å². The van der Waals surface area contributed by atoms with E-state index < -0.39 is 10.8 Å². The molecule has 0 radical (unpaired) electrons. The van der Waals surface area contributed by atoms with Crippen molar-refractivity contribution >= 4 is 16.8 Å². The summed E-state index contributed by atoms with van der Waals surface area (Å²) in [7, 11) is 0.385. The van der Waals surface area contributed by atoms with E-state index in [1.165, 1.54) is 7.11 Å². The van der Waals surface area contributed by atoms with Gasteiger partial charge in [0.1, 0.15) is 0 Å². The zero-order valence-electron chi connectivity index (χ0n) is 7.96. The Kier molecular flexibility index (Phi) is 3.66. The molecule has 1 aliphatic rings. The third-order valence-electron chi connectivity index (χ3n) is 2.14. The maximum absolute atomic E-state index is 11.5. The minimum Gasteiger partial charge on any atom is -0.466 e. The average molecular weight is 202 g/mol. The van der Waals surface area contributed by atoms with Gasteiger partial charge >= 0.3 is 5.97 Å². The van der Waals surface area contributed by atoms with Crippen LogP contribution in [0, 0.1) is 0 Å². The number of rotatable bonds is 3. The predicted octanol–water partition coefficient (Wildman–Crippen LogP) is 1.37. The molecule has 0 heterocycles. The van der Waals surface area contributed by atoms with E-state index in [2.05, 4.69) is 4.74 Å². The summed E-state index contributed by atoms with van der Waals surface area (Å²) in [5.41, 5.74) is 0.641. The number of allylic oxidation sites excluding steroid dienone is 1. The van der Waals surface area contributed by atoms with Crippen LogP contribution < -0.4 is 0 Å². The topological polar surface area (TPSA) is 43.4 Å². The molecule has 0 saturated heterocycles. The lowest BCUT2D eigenvalue weighted by Crippen LogP contribution is -2.07. The van der Waals surface area contributed by atoms with Crippen LogP contribution in [0.1, 0.15) is 26.2 Å². The normalized spacial score (nSPS) is 18.9. The van der Waals surface area contributed by atoms with Crippen molar-refractivity contribution in [1.29, 1.82) is 0 Å². The molecule has 1 atom stereocenters. The zero-order chi connectivity index (χ0) is 9.84. The largest absolute Gasteiger partial charge is 0.466 e. The Morgan fingerprint density at radius 2 is 2.23 bits per heavy atom. The van der Waals surface area contributed by atoms with E-state index in [9.17, 15) is 9.00 Å². The molecule has 0 N–H and O–H groups in total. The van der Waals surface area contributed by atoms with Gasteiger partial charge in [-0.2, -0.15) is 0 Å². The minimum absolute atomic E-state index is 0.311. The third-order valence-corrected chi connectivity index (χ3v) is 3.66. The molecule has 0 aromatic rings. The quantitative estimate of drug-likeness (QED) is 0.649. The van der Waals surface area contributed by atoms with Gasteiger partial charge in [-0.25, -0.2) is 4.79 Å². The Hall–Kier alpha value is -0.640. The molecular formula is C9H14O3S. The first-order valence-corrected chi connectivity index (χ1v) is 5.71. The van der Waals surface area contributed by atoms with Crippen LogP contribution in [0.3, 0.4) is 0 Å². The molecule has 0 saturated carbocycles. The lowest BCUT2D eigenvalue weighted by Gasteiger charge is -2.03. The first kappa shape index (κ1) is 10.4. The van der Waals surface area contributed by atoms with Crippen LogP contribution in [0.2, 0.25) is 0 Å². The summed E-state index contributed by atoms with van der Waals surface area (Å²) in [5.74, 6) is 0.268. The van der Waals surface area contributed by atoms with Gasteiger partial charge < -0.3 is 4.74 Å². The second-order valence-corrected chi connectivity index (χ2v) is 4.64. The predicted molar refractivity (Wildman–Crippen MR) is 51.6 cm³/mol. The highest BCUT2D eigenvalue weighted by Crippen LogP contribution is 2.29. The second kappa shape index (κ2) is 4.56. The van der Waals surface area contributed by atoms with Gasteiger partial charge in [-0.1, -0.05) is 6.92 Å². The lowest BCUT2D eigenvalue weighted by molar-refractivity contribution is -0.136. The molecule has 1 aliphatic carbocycles. The van der Waals surface area contributed by atoms with Crippen LogP contribution in [0.4, 0.5) is 0 Å². The molecule has 0 bridgehead atoms. The highest BCUT2D eigenvalue weighted by atomic mass is 32.2. The number of esters is 1. The maximum Gasteiger partial charge on any atom is 0.334 e. The number of carbonyl (C=O) groups is 1. The lowest BCUT2D eigenvalue weighted by atomic mass is 10.2. The van der Waals surface area contributed by atoms with Crippen LogP contribution in [-0.2, 0) is 20.3 Å². The first-order chi connectivity index (χ1) is 6.20. The smallest absolute Gasteiger partial charge is 0.334 e. The summed E-state index contributed by atoms with van der Waals surface area (Å²) in [6.07, 6.45) is 2.42. The van der Waals surface area contributed by atoms with Crippen molar-refractivity contribution in [2.24, 2.45) is 0 Å². The van der Waals surface area contributed by atoms with Gasteiger partial charge in [-0.05, 0) is 19.3 Å². The Bertz CT molecular complexity index is 242. The highest BCUT2D eigenvalue weighted by Gasteiger charge is 2.24. The van der Waals surface area contributed by atoms with E-state index in [0.29, 0.717) is 17.7 Å². The molecule has 74 valence electrons. The Balaban J connectivity index is 2.89. The molecule has 4 heteroatoms. The van der Waals surface area contributed by atoms with Crippen molar-refractivity contribution in [3.8, 4) is 0 Å². The molecule has 0 aromatic carbocycles. The van der Waals surface area contributed by atoms with Gasteiger partial charge in [0.25, 0.3) is 0 Å². The van der Waals surface area contributed by atoms with Crippen molar-refractivity contribution in [2.75, 3.05) is 12.9 Å². The summed E-state index contributed by atoms with van der Waals surface area (Å²) in [4.78, 5) is 12.0. The molecule has 0 aromatic heterocycles. The fourth-order valence-corrected chi connectivity index (χ4v) is 2.66. The monoisotopic (exact) mass is 202 g/mol. The van der Waals surface area contributed by atoms with Gasteiger partial charge in [0.05, 0.1) is 7.11 Å². The van der Waals surface area contributed by atoms with E-state index in [1.807, 2.05) is 6.92 Å². The molecule has 13 heavy (non-hydrogen) atoms. The Labute approximate surface area is 80.6 Å². The molecule has 3 nitrogen and oxygen atoms in total. The zero-order valence-corrected chi connectivity index (χ0v) is 8.78.